The van der Waals surface area contributed by atoms with Crippen LogP contribution in [0.5, 0.6) is 0 Å². The van der Waals surface area contributed by atoms with Gasteiger partial charge in [-0.25, -0.2) is 0 Å². The second-order valence-electron chi connectivity index (χ2n) is 6.67. The summed E-state index contributed by atoms with van der Waals surface area (Å²) in [6.07, 6.45) is 2.72. The fourth-order valence-corrected chi connectivity index (χ4v) is 3.26. The molecular formula is C18H27N3O2. The lowest BCUT2D eigenvalue weighted by Crippen LogP contribution is -2.44. The van der Waals surface area contributed by atoms with Gasteiger partial charge in [-0.05, 0) is 50.1 Å². The number of rotatable bonds is 4. The van der Waals surface area contributed by atoms with Crippen LogP contribution >= 0.6 is 0 Å². The van der Waals surface area contributed by atoms with Crippen LogP contribution in [-0.4, -0.2) is 57.2 Å². The molecule has 0 saturated carbocycles. The fourth-order valence-electron chi connectivity index (χ4n) is 3.26. The fraction of sp³-hybridized carbons (Fsp3) is 0.611. The Bertz CT molecular complexity index is 504. The molecule has 0 bridgehead atoms. The Morgan fingerprint density at radius 3 is 2.61 bits per heavy atom. The molecule has 1 aromatic rings. The van der Waals surface area contributed by atoms with Crippen LogP contribution < -0.4 is 10.2 Å². The lowest BCUT2D eigenvalue weighted by Gasteiger charge is -2.34. The Morgan fingerprint density at radius 2 is 1.96 bits per heavy atom. The normalized spacial score (nSPS) is 22.8. The van der Waals surface area contributed by atoms with E-state index >= 15 is 0 Å². The molecule has 1 unspecified atom stereocenters. The predicted octanol–water partition coefficient (Wildman–Crippen LogP) is 2.19. The number of carbonyl (C=O) groups is 1. The largest absolute Gasteiger partial charge is 0.381 e. The molecule has 1 amide bonds. The Kier molecular flexibility index (Phi) is 5.51. The first-order valence-corrected chi connectivity index (χ1v) is 8.62. The smallest absolute Gasteiger partial charge is 0.224 e. The molecule has 126 valence electrons. The molecule has 3 rings (SSSR count). The van der Waals surface area contributed by atoms with Gasteiger partial charge in [-0.15, -0.1) is 0 Å². The number of ether oxygens (including phenoxy) is 1. The van der Waals surface area contributed by atoms with Gasteiger partial charge in [-0.1, -0.05) is 0 Å². The van der Waals surface area contributed by atoms with Crippen molar-refractivity contribution in [2.24, 2.45) is 5.92 Å². The van der Waals surface area contributed by atoms with E-state index in [9.17, 15) is 4.79 Å². The highest BCUT2D eigenvalue weighted by atomic mass is 16.5. The third kappa shape index (κ3) is 4.69. The minimum Gasteiger partial charge on any atom is -0.381 e. The van der Waals surface area contributed by atoms with Crippen LogP contribution in [0.15, 0.2) is 24.3 Å². The Labute approximate surface area is 138 Å². The van der Waals surface area contributed by atoms with Gasteiger partial charge in [0.2, 0.25) is 5.91 Å². The zero-order chi connectivity index (χ0) is 16.1. The summed E-state index contributed by atoms with van der Waals surface area (Å²) in [6, 6.07) is 8.21. The number of piperazine rings is 1. The molecule has 5 heteroatoms. The van der Waals surface area contributed by atoms with Crippen molar-refractivity contribution in [2.75, 3.05) is 56.7 Å². The molecule has 0 radical (unpaired) electrons. The van der Waals surface area contributed by atoms with Crippen molar-refractivity contribution in [1.29, 1.82) is 0 Å². The number of benzene rings is 1. The van der Waals surface area contributed by atoms with E-state index in [1.165, 1.54) is 5.69 Å². The van der Waals surface area contributed by atoms with Crippen LogP contribution in [0.1, 0.15) is 19.3 Å². The van der Waals surface area contributed by atoms with Gasteiger partial charge in [0.25, 0.3) is 0 Å². The number of nitrogens with one attached hydrogen (secondary N) is 1. The van der Waals surface area contributed by atoms with Crippen molar-refractivity contribution in [3.63, 3.8) is 0 Å². The number of anilines is 2. The van der Waals surface area contributed by atoms with Gasteiger partial charge in [-0.2, -0.15) is 0 Å². The molecule has 1 N–H and O–H groups in total. The molecule has 2 fully saturated rings. The van der Waals surface area contributed by atoms with Crippen LogP contribution in [0.4, 0.5) is 11.4 Å². The highest BCUT2D eigenvalue weighted by molar-refractivity contribution is 5.91. The second kappa shape index (κ2) is 7.79. The highest BCUT2D eigenvalue weighted by Crippen LogP contribution is 2.21. The van der Waals surface area contributed by atoms with E-state index < -0.39 is 0 Å². The Morgan fingerprint density at radius 1 is 1.22 bits per heavy atom. The Balaban J connectivity index is 1.49. The van der Waals surface area contributed by atoms with Crippen molar-refractivity contribution in [3.05, 3.63) is 24.3 Å². The number of carbonyl (C=O) groups excluding carboxylic acids is 1. The molecule has 1 aromatic carbocycles. The van der Waals surface area contributed by atoms with Gasteiger partial charge in [0.15, 0.2) is 0 Å². The van der Waals surface area contributed by atoms with Crippen LogP contribution in [0.25, 0.3) is 0 Å². The van der Waals surface area contributed by atoms with E-state index in [2.05, 4.69) is 34.3 Å². The minimum absolute atomic E-state index is 0.0906. The second-order valence-corrected chi connectivity index (χ2v) is 6.67. The maximum absolute atomic E-state index is 12.1. The third-order valence-electron chi connectivity index (χ3n) is 4.75. The minimum atomic E-state index is 0.0906. The standard InChI is InChI=1S/C18H27N3O2/c1-20-8-10-21(11-9-20)17-6-4-16(5-7-17)19-18(22)13-15-3-2-12-23-14-15/h4-7,15H,2-3,8-14H2,1H3,(H,19,22). The van der Waals surface area contributed by atoms with Gasteiger partial charge in [0, 0.05) is 57.2 Å². The van der Waals surface area contributed by atoms with Crippen molar-refractivity contribution >= 4 is 17.3 Å². The summed E-state index contributed by atoms with van der Waals surface area (Å²) in [6.45, 7) is 5.87. The number of nitrogens with zero attached hydrogens (tertiary/aromatic N) is 2. The molecule has 0 aromatic heterocycles. The monoisotopic (exact) mass is 317 g/mol. The first kappa shape index (κ1) is 16.3. The van der Waals surface area contributed by atoms with Crippen molar-refractivity contribution < 1.29 is 9.53 Å². The quantitative estimate of drug-likeness (QED) is 0.925. The van der Waals surface area contributed by atoms with Crippen LogP contribution in [0.2, 0.25) is 0 Å². The zero-order valence-electron chi connectivity index (χ0n) is 14.0. The lowest BCUT2D eigenvalue weighted by atomic mass is 9.98. The molecule has 2 aliphatic rings. The average molecular weight is 317 g/mol. The summed E-state index contributed by atoms with van der Waals surface area (Å²) in [4.78, 5) is 16.9. The van der Waals surface area contributed by atoms with E-state index in [1.807, 2.05) is 12.1 Å². The van der Waals surface area contributed by atoms with Crippen LogP contribution in [0.3, 0.4) is 0 Å². The van der Waals surface area contributed by atoms with Gasteiger partial charge in [0.1, 0.15) is 0 Å². The zero-order valence-corrected chi connectivity index (χ0v) is 14.0. The van der Waals surface area contributed by atoms with E-state index in [0.717, 1.165) is 57.9 Å². The molecule has 23 heavy (non-hydrogen) atoms. The summed E-state index contributed by atoms with van der Waals surface area (Å²) in [5.74, 6) is 0.459. The SMILES string of the molecule is CN1CCN(c2ccc(NC(=O)CC3CCCOC3)cc2)CC1. The summed E-state index contributed by atoms with van der Waals surface area (Å²) in [5, 5.41) is 3.01. The number of hydrogen-bond acceptors (Lipinski definition) is 4. The number of hydrogen-bond donors (Lipinski definition) is 1. The maximum Gasteiger partial charge on any atom is 0.224 e. The predicted molar refractivity (Wildman–Crippen MR) is 92.9 cm³/mol. The molecule has 0 spiro atoms. The summed E-state index contributed by atoms with van der Waals surface area (Å²) < 4.78 is 5.43. The molecular weight excluding hydrogens is 290 g/mol. The molecule has 5 nitrogen and oxygen atoms in total. The van der Waals surface area contributed by atoms with E-state index in [4.69, 9.17) is 4.74 Å². The molecule has 2 heterocycles. The van der Waals surface area contributed by atoms with Crippen molar-refractivity contribution in [1.82, 2.24) is 4.90 Å². The number of amides is 1. The topological polar surface area (TPSA) is 44.8 Å². The van der Waals surface area contributed by atoms with Crippen molar-refractivity contribution in [2.45, 2.75) is 19.3 Å². The van der Waals surface area contributed by atoms with E-state index in [-0.39, 0.29) is 5.91 Å². The van der Waals surface area contributed by atoms with E-state index in [0.29, 0.717) is 12.3 Å². The molecule has 2 aliphatic heterocycles. The van der Waals surface area contributed by atoms with Crippen LogP contribution in [-0.2, 0) is 9.53 Å². The number of likely N-dealkylation sites (N-methyl/N-ethyl adjacent to an activating group) is 1. The van der Waals surface area contributed by atoms with Gasteiger partial charge in [-0.3, -0.25) is 4.79 Å². The van der Waals surface area contributed by atoms with Gasteiger partial charge < -0.3 is 19.9 Å². The summed E-state index contributed by atoms with van der Waals surface area (Å²) >= 11 is 0. The first-order chi connectivity index (χ1) is 11.2. The summed E-state index contributed by atoms with van der Waals surface area (Å²) in [7, 11) is 2.16. The average Bonchev–Trinajstić information content (AvgIpc) is 2.57. The highest BCUT2D eigenvalue weighted by Gasteiger charge is 2.18. The molecule has 2 saturated heterocycles. The Hall–Kier alpha value is -1.59. The third-order valence-corrected chi connectivity index (χ3v) is 4.75. The molecule has 0 aliphatic carbocycles. The van der Waals surface area contributed by atoms with Gasteiger partial charge >= 0.3 is 0 Å². The van der Waals surface area contributed by atoms with Crippen molar-refractivity contribution in [3.8, 4) is 0 Å². The molecule has 1 atom stereocenters. The maximum atomic E-state index is 12.1. The van der Waals surface area contributed by atoms with Crippen LogP contribution in [0, 0.1) is 5.92 Å². The lowest BCUT2D eigenvalue weighted by molar-refractivity contribution is -0.118. The summed E-state index contributed by atoms with van der Waals surface area (Å²) in [5.41, 5.74) is 2.11. The van der Waals surface area contributed by atoms with E-state index in [1.54, 1.807) is 0 Å². The van der Waals surface area contributed by atoms with Gasteiger partial charge in [0.05, 0.1) is 0 Å². The first-order valence-electron chi connectivity index (χ1n) is 8.62.